The van der Waals surface area contributed by atoms with Crippen LogP contribution in [0.5, 0.6) is 5.88 Å². The number of aryl methyl sites for hydroxylation is 3. The molecule has 1 aliphatic rings. The summed E-state index contributed by atoms with van der Waals surface area (Å²) in [7, 11) is 1.79. The zero-order chi connectivity index (χ0) is 15.7. The van der Waals surface area contributed by atoms with Crippen LogP contribution < -0.4 is 9.64 Å². The molecule has 3 heterocycles. The predicted molar refractivity (Wildman–Crippen MR) is 78.3 cm³/mol. The summed E-state index contributed by atoms with van der Waals surface area (Å²) in [6.45, 7) is 2.79. The van der Waals surface area contributed by atoms with Crippen molar-refractivity contribution < 1.29 is 13.9 Å². The maximum atomic E-state index is 13.1. The molecule has 1 aliphatic heterocycles. The molecule has 0 radical (unpaired) electrons. The molecule has 22 heavy (non-hydrogen) atoms. The monoisotopic (exact) mass is 304 g/mol. The molecule has 0 atom stereocenters. The standard InChI is InChI=1S/C15H17FN4O2/c1-10-14-15(19(2)18-10)22-6-5-20(14)13(21)4-3-11-7-12(16)9-17-8-11/h7-9H,3-6H2,1-2H3. The quantitative estimate of drug-likeness (QED) is 0.864. The van der Waals surface area contributed by atoms with Crippen LogP contribution in [0.4, 0.5) is 10.1 Å². The minimum absolute atomic E-state index is 0.0232. The van der Waals surface area contributed by atoms with Crippen LogP contribution in [0.2, 0.25) is 0 Å². The molecule has 7 heteroatoms. The minimum atomic E-state index is -0.387. The summed E-state index contributed by atoms with van der Waals surface area (Å²) < 4.78 is 20.3. The van der Waals surface area contributed by atoms with Gasteiger partial charge in [-0.2, -0.15) is 5.10 Å². The lowest BCUT2D eigenvalue weighted by molar-refractivity contribution is -0.118. The van der Waals surface area contributed by atoms with E-state index in [9.17, 15) is 9.18 Å². The molecule has 0 saturated heterocycles. The number of ether oxygens (including phenoxy) is 1. The van der Waals surface area contributed by atoms with E-state index in [4.69, 9.17) is 4.74 Å². The van der Waals surface area contributed by atoms with Crippen LogP contribution in [0.3, 0.4) is 0 Å². The third-order valence-corrected chi connectivity index (χ3v) is 3.65. The van der Waals surface area contributed by atoms with E-state index in [-0.39, 0.29) is 11.7 Å². The fourth-order valence-corrected chi connectivity index (χ4v) is 2.67. The van der Waals surface area contributed by atoms with Crippen molar-refractivity contribution in [2.24, 2.45) is 7.05 Å². The van der Waals surface area contributed by atoms with Gasteiger partial charge in [0.25, 0.3) is 0 Å². The Balaban J connectivity index is 1.74. The largest absolute Gasteiger partial charge is 0.474 e. The van der Waals surface area contributed by atoms with Crippen molar-refractivity contribution in [2.45, 2.75) is 19.8 Å². The molecule has 0 aromatic carbocycles. The normalized spacial score (nSPS) is 13.7. The van der Waals surface area contributed by atoms with Gasteiger partial charge in [-0.05, 0) is 25.0 Å². The summed E-state index contributed by atoms with van der Waals surface area (Å²) in [5, 5.41) is 4.29. The summed E-state index contributed by atoms with van der Waals surface area (Å²) in [6, 6.07) is 1.40. The second-order valence-corrected chi connectivity index (χ2v) is 5.27. The van der Waals surface area contributed by atoms with Crippen molar-refractivity contribution in [1.29, 1.82) is 0 Å². The second kappa shape index (κ2) is 5.75. The molecule has 2 aromatic heterocycles. The fraction of sp³-hybridized carbons (Fsp3) is 0.400. The van der Waals surface area contributed by atoms with E-state index in [0.29, 0.717) is 37.4 Å². The number of amides is 1. The van der Waals surface area contributed by atoms with Gasteiger partial charge in [0.15, 0.2) is 0 Å². The molecular formula is C15H17FN4O2. The number of nitrogens with zero attached hydrogens (tertiary/aromatic N) is 4. The van der Waals surface area contributed by atoms with Gasteiger partial charge < -0.3 is 9.64 Å². The maximum absolute atomic E-state index is 13.1. The number of carbonyl (C=O) groups is 1. The van der Waals surface area contributed by atoms with Crippen LogP contribution >= 0.6 is 0 Å². The molecule has 0 bridgehead atoms. The molecular weight excluding hydrogens is 287 g/mol. The molecule has 0 aliphatic carbocycles. The molecule has 1 amide bonds. The highest BCUT2D eigenvalue weighted by Crippen LogP contribution is 2.34. The highest BCUT2D eigenvalue weighted by atomic mass is 19.1. The van der Waals surface area contributed by atoms with Gasteiger partial charge in [0, 0.05) is 19.7 Å². The van der Waals surface area contributed by atoms with E-state index in [1.165, 1.54) is 6.07 Å². The molecule has 116 valence electrons. The number of rotatable bonds is 3. The number of halogens is 1. The Kier molecular flexibility index (Phi) is 3.79. The number of aromatic nitrogens is 3. The number of anilines is 1. The number of carbonyl (C=O) groups excluding carboxylic acids is 1. The number of hydrogen-bond acceptors (Lipinski definition) is 4. The Morgan fingerprint density at radius 3 is 3.05 bits per heavy atom. The third kappa shape index (κ3) is 2.66. The van der Waals surface area contributed by atoms with Gasteiger partial charge in [-0.1, -0.05) is 0 Å². The van der Waals surface area contributed by atoms with Gasteiger partial charge in [-0.3, -0.25) is 9.78 Å². The molecule has 0 spiro atoms. The molecule has 3 rings (SSSR count). The Morgan fingerprint density at radius 1 is 1.45 bits per heavy atom. The molecule has 0 N–H and O–H groups in total. The summed E-state index contributed by atoms with van der Waals surface area (Å²) >= 11 is 0. The van der Waals surface area contributed by atoms with Crippen LogP contribution in [-0.2, 0) is 18.3 Å². The molecule has 0 saturated carbocycles. The van der Waals surface area contributed by atoms with E-state index in [0.717, 1.165) is 17.6 Å². The van der Waals surface area contributed by atoms with E-state index in [1.54, 1.807) is 22.8 Å². The van der Waals surface area contributed by atoms with Crippen molar-refractivity contribution in [2.75, 3.05) is 18.1 Å². The lowest BCUT2D eigenvalue weighted by Gasteiger charge is -2.27. The van der Waals surface area contributed by atoms with E-state index in [1.807, 2.05) is 6.92 Å². The number of hydrogen-bond donors (Lipinski definition) is 0. The van der Waals surface area contributed by atoms with E-state index < -0.39 is 0 Å². The average Bonchev–Trinajstić information content (AvgIpc) is 2.80. The van der Waals surface area contributed by atoms with Crippen LogP contribution in [0.25, 0.3) is 0 Å². The first-order valence-corrected chi connectivity index (χ1v) is 7.12. The lowest BCUT2D eigenvalue weighted by atomic mass is 10.1. The fourth-order valence-electron chi connectivity index (χ4n) is 2.67. The Morgan fingerprint density at radius 2 is 2.27 bits per heavy atom. The van der Waals surface area contributed by atoms with Gasteiger partial charge in [0.1, 0.15) is 18.1 Å². The molecule has 0 unspecified atom stereocenters. The SMILES string of the molecule is Cc1nn(C)c2c1N(C(=O)CCc1cncc(F)c1)CCO2. The second-order valence-electron chi connectivity index (χ2n) is 5.27. The first kappa shape index (κ1) is 14.5. The van der Waals surface area contributed by atoms with Crippen molar-refractivity contribution in [3.63, 3.8) is 0 Å². The zero-order valence-corrected chi connectivity index (χ0v) is 12.5. The van der Waals surface area contributed by atoms with Gasteiger partial charge in [0.2, 0.25) is 11.8 Å². The summed E-state index contributed by atoms with van der Waals surface area (Å²) in [4.78, 5) is 18.0. The van der Waals surface area contributed by atoms with Crippen molar-refractivity contribution >= 4 is 11.6 Å². The molecule has 0 fully saturated rings. The van der Waals surface area contributed by atoms with Crippen molar-refractivity contribution in [3.8, 4) is 5.88 Å². The molecule has 2 aromatic rings. The number of pyridine rings is 1. The van der Waals surface area contributed by atoms with Crippen LogP contribution in [-0.4, -0.2) is 33.8 Å². The topological polar surface area (TPSA) is 60.2 Å². The van der Waals surface area contributed by atoms with Crippen molar-refractivity contribution in [1.82, 2.24) is 14.8 Å². The van der Waals surface area contributed by atoms with Gasteiger partial charge in [-0.25, -0.2) is 9.07 Å². The first-order chi connectivity index (χ1) is 10.6. The summed E-state index contributed by atoms with van der Waals surface area (Å²) in [5.41, 5.74) is 2.21. The van der Waals surface area contributed by atoms with Crippen LogP contribution in [0, 0.1) is 12.7 Å². The summed E-state index contributed by atoms with van der Waals surface area (Å²) in [6.07, 6.45) is 3.48. The lowest BCUT2D eigenvalue weighted by Crippen LogP contribution is -2.38. The Hall–Kier alpha value is -2.44. The highest BCUT2D eigenvalue weighted by molar-refractivity contribution is 5.95. The smallest absolute Gasteiger partial charge is 0.236 e. The van der Waals surface area contributed by atoms with E-state index in [2.05, 4.69) is 10.1 Å². The minimum Gasteiger partial charge on any atom is -0.474 e. The first-order valence-electron chi connectivity index (χ1n) is 7.12. The van der Waals surface area contributed by atoms with Gasteiger partial charge in [-0.15, -0.1) is 0 Å². The van der Waals surface area contributed by atoms with Crippen LogP contribution in [0.15, 0.2) is 18.5 Å². The predicted octanol–water partition coefficient (Wildman–Crippen LogP) is 1.62. The molecule has 6 nitrogen and oxygen atoms in total. The van der Waals surface area contributed by atoms with Gasteiger partial charge in [0.05, 0.1) is 18.4 Å². The average molecular weight is 304 g/mol. The third-order valence-electron chi connectivity index (χ3n) is 3.65. The zero-order valence-electron chi connectivity index (χ0n) is 12.5. The van der Waals surface area contributed by atoms with Crippen LogP contribution in [0.1, 0.15) is 17.7 Å². The maximum Gasteiger partial charge on any atom is 0.236 e. The van der Waals surface area contributed by atoms with Gasteiger partial charge >= 0.3 is 0 Å². The van der Waals surface area contributed by atoms with Crippen molar-refractivity contribution in [3.05, 3.63) is 35.5 Å². The highest BCUT2D eigenvalue weighted by Gasteiger charge is 2.29. The Labute approximate surface area is 127 Å². The number of fused-ring (bicyclic) bond motifs is 1. The Bertz CT molecular complexity index is 714. The van der Waals surface area contributed by atoms with E-state index >= 15 is 0 Å². The summed E-state index contributed by atoms with van der Waals surface area (Å²) in [5.74, 6) is 0.205.